The first-order valence-corrected chi connectivity index (χ1v) is 8.14. The molecule has 124 valence electrons. The van der Waals surface area contributed by atoms with E-state index in [1.54, 1.807) is 18.2 Å². The van der Waals surface area contributed by atoms with E-state index in [9.17, 15) is 9.59 Å². The molecule has 0 saturated heterocycles. The lowest BCUT2D eigenvalue weighted by molar-refractivity contribution is -0.118. The summed E-state index contributed by atoms with van der Waals surface area (Å²) in [5, 5.41) is 19.3. The second-order valence-corrected chi connectivity index (χ2v) is 6.72. The second-order valence-electron chi connectivity index (χ2n) is 6.72. The topological polar surface area (TPSA) is 97.1 Å². The molecular weight excluding hydrogens is 308 g/mol. The van der Waals surface area contributed by atoms with Gasteiger partial charge in [0.25, 0.3) is 0 Å². The van der Waals surface area contributed by atoms with Crippen LogP contribution in [0.3, 0.4) is 0 Å². The van der Waals surface area contributed by atoms with E-state index in [4.69, 9.17) is 5.11 Å². The van der Waals surface area contributed by atoms with E-state index in [2.05, 4.69) is 15.6 Å². The van der Waals surface area contributed by atoms with Crippen LogP contribution in [0.1, 0.15) is 42.6 Å². The quantitative estimate of drug-likeness (QED) is 0.899. The molecule has 4 rings (SSSR count). The van der Waals surface area contributed by atoms with Gasteiger partial charge < -0.3 is 10.4 Å². The van der Waals surface area contributed by atoms with Gasteiger partial charge in [-0.25, -0.2) is 9.48 Å². The molecule has 0 radical (unpaired) electrons. The molecule has 2 N–H and O–H groups in total. The number of carbonyl (C=O) groups is 2. The molecular formula is C17H18N4O3. The Hall–Kier alpha value is -2.70. The third-order valence-electron chi connectivity index (χ3n) is 5.20. The summed E-state index contributed by atoms with van der Waals surface area (Å²) in [5.41, 5.74) is 1.49. The van der Waals surface area contributed by atoms with Crippen LogP contribution in [0.4, 0.5) is 5.69 Å². The highest BCUT2D eigenvalue weighted by Crippen LogP contribution is 2.63. The van der Waals surface area contributed by atoms with Crippen LogP contribution in [0.2, 0.25) is 0 Å². The van der Waals surface area contributed by atoms with Gasteiger partial charge in [0, 0.05) is 11.6 Å². The Kier molecular flexibility index (Phi) is 3.37. The summed E-state index contributed by atoms with van der Waals surface area (Å²) in [4.78, 5) is 23.3. The van der Waals surface area contributed by atoms with Crippen LogP contribution < -0.4 is 5.32 Å². The summed E-state index contributed by atoms with van der Waals surface area (Å²) in [7, 11) is 0. The largest absolute Gasteiger partial charge is 0.476 e. The molecule has 0 bridgehead atoms. The number of rotatable bonds is 4. The Morgan fingerprint density at radius 3 is 2.79 bits per heavy atom. The van der Waals surface area contributed by atoms with Crippen molar-refractivity contribution < 1.29 is 14.7 Å². The molecule has 1 amide bonds. The van der Waals surface area contributed by atoms with E-state index in [1.165, 1.54) is 36.6 Å². The van der Waals surface area contributed by atoms with Gasteiger partial charge in [0.15, 0.2) is 5.69 Å². The number of carboxylic acids is 1. The highest BCUT2D eigenvalue weighted by Gasteiger charge is 2.58. The maximum absolute atomic E-state index is 12.5. The number of hydrogen-bond donors (Lipinski definition) is 2. The summed E-state index contributed by atoms with van der Waals surface area (Å²) >= 11 is 0. The number of nitrogens with one attached hydrogen (secondary N) is 1. The van der Waals surface area contributed by atoms with Gasteiger partial charge in [-0.1, -0.05) is 24.1 Å². The van der Waals surface area contributed by atoms with Crippen molar-refractivity contribution in [3.05, 3.63) is 36.2 Å². The molecule has 7 nitrogen and oxygen atoms in total. The van der Waals surface area contributed by atoms with Crippen molar-refractivity contribution in [3.8, 4) is 5.69 Å². The molecule has 2 aromatic rings. The highest BCUT2D eigenvalue weighted by molar-refractivity contribution is 5.95. The van der Waals surface area contributed by atoms with Crippen LogP contribution in [0, 0.1) is 11.3 Å². The molecule has 1 aromatic heterocycles. The fraction of sp³-hybridized carbons (Fsp3) is 0.412. The second kappa shape index (κ2) is 5.43. The first kappa shape index (κ1) is 14.9. The van der Waals surface area contributed by atoms with Crippen LogP contribution in [0.15, 0.2) is 30.5 Å². The predicted molar refractivity (Wildman–Crippen MR) is 86.0 cm³/mol. The molecule has 1 atom stereocenters. The number of carboxylic acid groups (broad SMARTS) is 1. The van der Waals surface area contributed by atoms with Gasteiger partial charge in [0.1, 0.15) is 0 Å². The molecule has 2 fully saturated rings. The highest BCUT2D eigenvalue weighted by atomic mass is 16.4. The average molecular weight is 326 g/mol. The Morgan fingerprint density at radius 1 is 1.29 bits per heavy atom. The Labute approximate surface area is 138 Å². The van der Waals surface area contributed by atoms with Gasteiger partial charge in [-0.15, -0.1) is 5.10 Å². The van der Waals surface area contributed by atoms with Gasteiger partial charge in [-0.2, -0.15) is 0 Å². The summed E-state index contributed by atoms with van der Waals surface area (Å²) in [6, 6.07) is 7.17. The Bertz CT molecular complexity index is 808. The maximum atomic E-state index is 12.5. The number of nitrogens with zero attached hydrogens (tertiary/aromatic N) is 3. The number of aromatic carboxylic acids is 1. The number of aromatic nitrogens is 3. The number of hydrogen-bond acceptors (Lipinski definition) is 4. The third-order valence-corrected chi connectivity index (χ3v) is 5.20. The predicted octanol–water partition coefficient (Wildman–Crippen LogP) is 2.48. The van der Waals surface area contributed by atoms with Crippen molar-refractivity contribution >= 4 is 17.6 Å². The molecule has 1 spiro atoms. The van der Waals surface area contributed by atoms with Crippen LogP contribution in [0.5, 0.6) is 0 Å². The van der Waals surface area contributed by atoms with Gasteiger partial charge in [0.05, 0.1) is 11.9 Å². The van der Waals surface area contributed by atoms with Gasteiger partial charge in [-0.05, 0) is 42.9 Å². The zero-order valence-electron chi connectivity index (χ0n) is 13.1. The lowest BCUT2D eigenvalue weighted by Gasteiger charge is -2.10. The minimum atomic E-state index is -1.12. The average Bonchev–Trinajstić information content (AvgIpc) is 2.93. The van der Waals surface area contributed by atoms with Crippen molar-refractivity contribution in [2.45, 2.75) is 32.1 Å². The van der Waals surface area contributed by atoms with Crippen LogP contribution in [0.25, 0.3) is 5.69 Å². The molecule has 7 heteroatoms. The third kappa shape index (κ3) is 2.55. The van der Waals surface area contributed by atoms with Crippen LogP contribution >= 0.6 is 0 Å². The minimum Gasteiger partial charge on any atom is -0.476 e. The van der Waals surface area contributed by atoms with E-state index >= 15 is 0 Å². The van der Waals surface area contributed by atoms with Gasteiger partial charge >= 0.3 is 5.97 Å². The fourth-order valence-corrected chi connectivity index (χ4v) is 3.79. The summed E-state index contributed by atoms with van der Waals surface area (Å²) in [6.45, 7) is 0. The molecule has 1 heterocycles. The Balaban J connectivity index is 1.48. The standard InChI is InChI=1S/C17H18N4O3/c22-15(13-9-17(13)6-1-2-7-17)18-11-4-3-5-12(8-11)21-10-14(16(23)24)19-20-21/h3-5,8,10,13H,1-2,6-7,9H2,(H,18,22)(H,23,24). The molecule has 2 saturated carbocycles. The number of benzene rings is 1. The van der Waals surface area contributed by atoms with Crippen molar-refractivity contribution in [2.24, 2.45) is 11.3 Å². The van der Waals surface area contributed by atoms with Crippen molar-refractivity contribution in [1.82, 2.24) is 15.0 Å². The number of carbonyl (C=O) groups excluding carboxylic acids is 1. The van der Waals surface area contributed by atoms with E-state index < -0.39 is 5.97 Å². The molecule has 1 aromatic carbocycles. The SMILES string of the molecule is O=C(O)c1cn(-c2cccc(NC(=O)C3CC34CCCC4)c2)nn1. The number of anilines is 1. The Morgan fingerprint density at radius 2 is 2.08 bits per heavy atom. The monoisotopic (exact) mass is 326 g/mol. The normalized spacial score (nSPS) is 20.9. The first-order valence-electron chi connectivity index (χ1n) is 8.14. The molecule has 1 unspecified atom stereocenters. The van der Waals surface area contributed by atoms with Crippen molar-refractivity contribution in [2.75, 3.05) is 5.32 Å². The van der Waals surface area contributed by atoms with E-state index in [0.29, 0.717) is 11.4 Å². The number of amides is 1. The summed E-state index contributed by atoms with van der Waals surface area (Å²) in [6.07, 6.45) is 7.15. The molecule has 2 aliphatic carbocycles. The zero-order chi connectivity index (χ0) is 16.7. The minimum absolute atomic E-state index is 0.0823. The van der Waals surface area contributed by atoms with E-state index in [0.717, 1.165) is 6.42 Å². The fourth-order valence-electron chi connectivity index (χ4n) is 3.79. The van der Waals surface area contributed by atoms with Gasteiger partial charge in [-0.3, -0.25) is 4.79 Å². The van der Waals surface area contributed by atoms with Crippen molar-refractivity contribution in [3.63, 3.8) is 0 Å². The van der Waals surface area contributed by atoms with Crippen LogP contribution in [-0.4, -0.2) is 32.0 Å². The van der Waals surface area contributed by atoms with E-state index in [-0.39, 0.29) is 22.9 Å². The lowest BCUT2D eigenvalue weighted by atomic mass is 10.0. The summed E-state index contributed by atoms with van der Waals surface area (Å²) in [5.74, 6) is -0.909. The van der Waals surface area contributed by atoms with Crippen molar-refractivity contribution in [1.29, 1.82) is 0 Å². The summed E-state index contributed by atoms with van der Waals surface area (Å²) < 4.78 is 1.38. The lowest BCUT2D eigenvalue weighted by Crippen LogP contribution is -2.17. The molecule has 2 aliphatic rings. The zero-order valence-corrected chi connectivity index (χ0v) is 13.1. The molecule has 0 aliphatic heterocycles. The first-order chi connectivity index (χ1) is 11.6. The van der Waals surface area contributed by atoms with Gasteiger partial charge in [0.2, 0.25) is 5.91 Å². The smallest absolute Gasteiger partial charge is 0.358 e. The van der Waals surface area contributed by atoms with E-state index in [1.807, 2.05) is 6.07 Å². The maximum Gasteiger partial charge on any atom is 0.358 e. The molecule has 24 heavy (non-hydrogen) atoms. The van der Waals surface area contributed by atoms with Crippen LogP contribution in [-0.2, 0) is 4.79 Å².